The van der Waals surface area contributed by atoms with Gasteiger partial charge in [0.1, 0.15) is 0 Å². The van der Waals surface area contributed by atoms with E-state index in [1.54, 1.807) is 0 Å². The van der Waals surface area contributed by atoms with Crippen molar-refractivity contribution in [3.8, 4) is 0 Å². The van der Waals surface area contributed by atoms with E-state index >= 15 is 0 Å². The molecule has 0 aliphatic rings. The maximum Gasteiger partial charge on any atom is 0.191 e. The third-order valence-electron chi connectivity index (χ3n) is 3.85. The van der Waals surface area contributed by atoms with E-state index in [4.69, 9.17) is 4.43 Å². The first-order chi connectivity index (χ1) is 8.72. The minimum atomic E-state index is -1.61. The highest BCUT2D eigenvalue weighted by atomic mass is 28.4. The normalized spacial score (nSPS) is 13.7. The second-order valence-corrected chi connectivity index (χ2v) is 11.4. The second-order valence-electron chi connectivity index (χ2n) is 6.60. The maximum absolute atomic E-state index is 6.18. The molecule has 1 heterocycles. The van der Waals surface area contributed by atoms with Crippen molar-refractivity contribution in [3.05, 3.63) is 35.7 Å². The van der Waals surface area contributed by atoms with Crippen molar-refractivity contribution in [1.29, 1.82) is 0 Å². The lowest BCUT2D eigenvalue weighted by Crippen LogP contribution is -2.40. The molecular weight excluding hydrogens is 250 g/mol. The van der Waals surface area contributed by atoms with Crippen LogP contribution < -0.4 is 0 Å². The average molecular weight is 277 g/mol. The number of hydrogen-bond acceptors (Lipinski definition) is 2. The predicted octanol–water partition coefficient (Wildman–Crippen LogP) is 4.90. The number of rotatable bonds is 5. The van der Waals surface area contributed by atoms with Crippen molar-refractivity contribution in [2.45, 2.75) is 52.2 Å². The Kier molecular flexibility index (Phi) is 5.50. The second kappa shape index (κ2) is 6.48. The average Bonchev–Trinajstić information content (AvgIpc) is 2.28. The van der Waals surface area contributed by atoms with Gasteiger partial charge in [0.05, 0.1) is 5.69 Å². The molecule has 0 fully saturated rings. The molecule has 1 aromatic heterocycles. The maximum atomic E-state index is 6.18. The van der Waals surface area contributed by atoms with Gasteiger partial charge in [0.15, 0.2) is 8.32 Å². The van der Waals surface area contributed by atoms with Crippen LogP contribution >= 0.6 is 0 Å². The quantitative estimate of drug-likeness (QED) is 0.714. The van der Waals surface area contributed by atoms with Crippen LogP contribution in [0.25, 0.3) is 6.08 Å². The van der Waals surface area contributed by atoms with Crippen LogP contribution in [0.5, 0.6) is 0 Å². The lowest BCUT2D eigenvalue weighted by atomic mass is 10.2. The summed E-state index contributed by atoms with van der Waals surface area (Å²) in [6, 6.07) is 5.98. The first-order valence-electron chi connectivity index (χ1n) is 6.94. The molecule has 19 heavy (non-hydrogen) atoms. The third-order valence-corrected chi connectivity index (χ3v) is 8.39. The summed E-state index contributed by atoms with van der Waals surface area (Å²) in [5.74, 6) is 0. The van der Waals surface area contributed by atoms with Gasteiger partial charge in [-0.2, -0.15) is 0 Å². The lowest BCUT2D eigenvalue weighted by molar-refractivity contribution is 0.292. The SMILES string of the molecule is C/C(=C\c1ccccn1)CCO[Si](C)(C)C(C)(C)C. The number of pyridine rings is 1. The molecule has 2 nitrogen and oxygen atoms in total. The highest BCUT2D eigenvalue weighted by Crippen LogP contribution is 2.36. The van der Waals surface area contributed by atoms with Crippen LogP contribution in [-0.2, 0) is 4.43 Å². The molecule has 0 aromatic carbocycles. The number of aromatic nitrogens is 1. The first kappa shape index (κ1) is 16.1. The number of hydrogen-bond donors (Lipinski definition) is 0. The highest BCUT2D eigenvalue weighted by molar-refractivity contribution is 6.74. The van der Waals surface area contributed by atoms with E-state index < -0.39 is 8.32 Å². The molecule has 0 amide bonds. The molecule has 0 atom stereocenters. The predicted molar refractivity (Wildman–Crippen MR) is 85.7 cm³/mol. The molecule has 0 bridgehead atoms. The Morgan fingerprint density at radius 1 is 1.32 bits per heavy atom. The zero-order chi connectivity index (χ0) is 14.5. The van der Waals surface area contributed by atoms with Crippen LogP contribution in [0.3, 0.4) is 0 Å². The molecule has 106 valence electrons. The van der Waals surface area contributed by atoms with E-state index in [1.807, 2.05) is 24.4 Å². The molecule has 0 saturated carbocycles. The summed E-state index contributed by atoms with van der Waals surface area (Å²) in [5.41, 5.74) is 2.34. The lowest BCUT2D eigenvalue weighted by Gasteiger charge is -2.36. The van der Waals surface area contributed by atoms with Gasteiger partial charge < -0.3 is 4.43 Å². The monoisotopic (exact) mass is 277 g/mol. The van der Waals surface area contributed by atoms with Crippen LogP contribution in [0.4, 0.5) is 0 Å². The molecular formula is C16H27NOSi. The molecule has 0 N–H and O–H groups in total. The van der Waals surface area contributed by atoms with Crippen molar-refractivity contribution in [2.75, 3.05) is 6.61 Å². The Bertz CT molecular complexity index is 418. The summed E-state index contributed by atoms with van der Waals surface area (Å²) in [7, 11) is -1.61. The molecule has 0 aliphatic carbocycles. The van der Waals surface area contributed by atoms with Crippen LogP contribution in [-0.4, -0.2) is 19.9 Å². The summed E-state index contributed by atoms with van der Waals surface area (Å²) in [6.45, 7) is 14.4. The van der Waals surface area contributed by atoms with Gasteiger partial charge in [0, 0.05) is 12.8 Å². The van der Waals surface area contributed by atoms with Crippen molar-refractivity contribution < 1.29 is 4.43 Å². The Morgan fingerprint density at radius 2 is 2.00 bits per heavy atom. The Hall–Kier alpha value is -0.933. The summed E-state index contributed by atoms with van der Waals surface area (Å²) >= 11 is 0. The van der Waals surface area contributed by atoms with Gasteiger partial charge in [0.25, 0.3) is 0 Å². The van der Waals surface area contributed by atoms with Crippen molar-refractivity contribution in [3.63, 3.8) is 0 Å². The summed E-state index contributed by atoms with van der Waals surface area (Å²) in [6.07, 6.45) is 4.93. The fourth-order valence-electron chi connectivity index (χ4n) is 1.47. The van der Waals surface area contributed by atoms with E-state index in [1.165, 1.54) is 5.57 Å². The highest BCUT2D eigenvalue weighted by Gasteiger charge is 2.36. The molecule has 1 rings (SSSR count). The topological polar surface area (TPSA) is 22.1 Å². The van der Waals surface area contributed by atoms with E-state index in [0.29, 0.717) is 0 Å². The van der Waals surface area contributed by atoms with E-state index in [9.17, 15) is 0 Å². The Labute approximate surface area is 119 Å². The molecule has 0 saturated heterocycles. The fourth-order valence-corrected chi connectivity index (χ4v) is 2.52. The largest absolute Gasteiger partial charge is 0.417 e. The van der Waals surface area contributed by atoms with Crippen LogP contribution in [0.2, 0.25) is 18.1 Å². The van der Waals surface area contributed by atoms with E-state index in [2.05, 4.69) is 51.8 Å². The Balaban J connectivity index is 2.48. The van der Waals surface area contributed by atoms with E-state index in [0.717, 1.165) is 18.7 Å². The van der Waals surface area contributed by atoms with Crippen molar-refractivity contribution >= 4 is 14.4 Å². The van der Waals surface area contributed by atoms with Gasteiger partial charge in [-0.05, 0) is 49.7 Å². The standard InChI is InChI=1S/C16H27NOSi/c1-14(13-15-9-7-8-11-17-15)10-12-18-19(5,6)16(2,3)4/h7-9,11,13H,10,12H2,1-6H3/b14-13+. The van der Waals surface area contributed by atoms with Gasteiger partial charge in [-0.1, -0.05) is 32.4 Å². The molecule has 0 spiro atoms. The van der Waals surface area contributed by atoms with Crippen molar-refractivity contribution in [2.24, 2.45) is 0 Å². The van der Waals surface area contributed by atoms with Crippen LogP contribution in [0.15, 0.2) is 30.0 Å². The summed E-state index contributed by atoms with van der Waals surface area (Å²) in [5, 5.41) is 0.283. The van der Waals surface area contributed by atoms with Crippen LogP contribution in [0.1, 0.15) is 39.8 Å². The summed E-state index contributed by atoms with van der Waals surface area (Å²) in [4.78, 5) is 4.31. The van der Waals surface area contributed by atoms with Crippen molar-refractivity contribution in [1.82, 2.24) is 4.98 Å². The van der Waals surface area contributed by atoms with Gasteiger partial charge in [0.2, 0.25) is 0 Å². The van der Waals surface area contributed by atoms with Gasteiger partial charge in [-0.15, -0.1) is 0 Å². The van der Waals surface area contributed by atoms with Gasteiger partial charge in [-0.3, -0.25) is 4.98 Å². The molecule has 0 unspecified atom stereocenters. The fraction of sp³-hybridized carbons (Fsp3) is 0.562. The molecule has 1 aromatic rings. The zero-order valence-electron chi connectivity index (χ0n) is 13.2. The molecule has 0 radical (unpaired) electrons. The zero-order valence-corrected chi connectivity index (χ0v) is 14.2. The smallest absolute Gasteiger partial charge is 0.191 e. The minimum Gasteiger partial charge on any atom is -0.417 e. The van der Waals surface area contributed by atoms with Gasteiger partial charge in [-0.25, -0.2) is 0 Å². The summed E-state index contributed by atoms with van der Waals surface area (Å²) < 4.78 is 6.18. The third kappa shape index (κ3) is 5.29. The molecule has 3 heteroatoms. The number of nitrogens with zero attached hydrogens (tertiary/aromatic N) is 1. The first-order valence-corrected chi connectivity index (χ1v) is 9.85. The van der Waals surface area contributed by atoms with Gasteiger partial charge >= 0.3 is 0 Å². The minimum absolute atomic E-state index is 0.283. The Morgan fingerprint density at radius 3 is 2.53 bits per heavy atom. The van der Waals surface area contributed by atoms with E-state index in [-0.39, 0.29) is 5.04 Å². The van der Waals surface area contributed by atoms with Crippen LogP contribution in [0, 0.1) is 0 Å². The molecule has 0 aliphatic heterocycles.